The summed E-state index contributed by atoms with van der Waals surface area (Å²) < 4.78 is 82.7. The Labute approximate surface area is 289 Å². The average Bonchev–Trinajstić information content (AvgIpc) is 3.51. The van der Waals surface area contributed by atoms with E-state index in [1.54, 1.807) is 6.92 Å². The lowest BCUT2D eigenvalue weighted by Gasteiger charge is -2.46. The van der Waals surface area contributed by atoms with Crippen molar-refractivity contribution in [2.75, 3.05) is 32.6 Å². The molecule has 3 aromatic carbocycles. The average molecular weight is 713 g/mol. The zero-order chi connectivity index (χ0) is 37.1. The molecule has 0 saturated carbocycles. The van der Waals surface area contributed by atoms with Crippen molar-refractivity contribution in [2.45, 2.75) is 50.9 Å². The van der Waals surface area contributed by atoms with E-state index in [2.05, 4.69) is 22.3 Å². The van der Waals surface area contributed by atoms with Crippen molar-refractivity contribution in [1.29, 1.82) is 0 Å². The number of carbonyl (C=O) groups is 2. The van der Waals surface area contributed by atoms with Crippen molar-refractivity contribution < 1.29 is 46.1 Å². The molecule has 2 N–H and O–H groups in total. The molecule has 15 heteroatoms. The highest BCUT2D eigenvalue weighted by molar-refractivity contribution is 6.24. The van der Waals surface area contributed by atoms with E-state index in [1.165, 1.54) is 49.6 Å². The van der Waals surface area contributed by atoms with Crippen LogP contribution in [0.4, 0.5) is 27.6 Å². The van der Waals surface area contributed by atoms with Crippen LogP contribution >= 0.6 is 0 Å². The predicted molar refractivity (Wildman–Crippen MR) is 176 cm³/mol. The van der Waals surface area contributed by atoms with E-state index >= 15 is 8.78 Å². The molecule has 0 aliphatic carbocycles. The number of anilines is 1. The Morgan fingerprint density at radius 1 is 1.08 bits per heavy atom. The third kappa shape index (κ3) is 7.09. The molecule has 2 amide bonds. The molecule has 2 heterocycles. The highest BCUT2D eigenvalue weighted by Crippen LogP contribution is 2.45. The van der Waals surface area contributed by atoms with Gasteiger partial charge in [-0.3, -0.25) is 14.6 Å². The van der Waals surface area contributed by atoms with Crippen molar-refractivity contribution >= 4 is 17.5 Å². The normalized spacial score (nSPS) is 17.5. The minimum atomic E-state index is -4.75. The van der Waals surface area contributed by atoms with Gasteiger partial charge in [0.15, 0.2) is 23.1 Å². The molecule has 10 nitrogen and oxygen atoms in total. The maximum Gasteiger partial charge on any atom is 0.416 e. The van der Waals surface area contributed by atoms with Crippen molar-refractivity contribution in [2.24, 2.45) is 5.18 Å². The van der Waals surface area contributed by atoms with Gasteiger partial charge < -0.3 is 19.9 Å². The van der Waals surface area contributed by atoms with Crippen molar-refractivity contribution in [1.82, 2.24) is 10.0 Å². The number of aliphatic hydroxyl groups excluding tert-OH is 1. The molecule has 51 heavy (non-hydrogen) atoms. The number of nitroso groups, excluding NO2 is 1. The maximum atomic E-state index is 15.4. The van der Waals surface area contributed by atoms with Crippen LogP contribution in [0.2, 0.25) is 0 Å². The number of alkyl halides is 3. The van der Waals surface area contributed by atoms with E-state index < -0.39 is 58.6 Å². The van der Waals surface area contributed by atoms with Crippen molar-refractivity contribution in [3.63, 3.8) is 0 Å². The van der Waals surface area contributed by atoms with E-state index in [1.807, 2.05) is 0 Å². The molecule has 5 rings (SSSR count). The quantitative estimate of drug-likeness (QED) is 0.0755. The molecule has 0 bridgehead atoms. The summed E-state index contributed by atoms with van der Waals surface area (Å²) in [6.07, 6.45) is -3.39. The van der Waals surface area contributed by atoms with Gasteiger partial charge in [-0.1, -0.05) is 35.2 Å². The van der Waals surface area contributed by atoms with E-state index in [-0.39, 0.29) is 65.4 Å². The molecule has 0 aromatic heterocycles. The number of hydrogen-bond donors (Lipinski definition) is 2. The molecule has 0 spiro atoms. The smallest absolute Gasteiger partial charge is 0.416 e. The van der Waals surface area contributed by atoms with Crippen LogP contribution < -0.4 is 14.8 Å². The summed E-state index contributed by atoms with van der Waals surface area (Å²) in [4.78, 5) is 38.2. The number of nitrogens with one attached hydrogen (secondary N) is 1. The fraction of sp³-hybridized carbons (Fsp3) is 0.333. The number of nitrogens with zero attached hydrogens (tertiary/aromatic N) is 3. The first-order valence-electron chi connectivity index (χ1n) is 15.8. The number of unbranched alkanes of at least 4 members (excludes halogenated alkanes) is 1. The summed E-state index contributed by atoms with van der Waals surface area (Å²) in [6.45, 7) is 1.34. The fourth-order valence-corrected chi connectivity index (χ4v) is 6.24. The Bertz CT molecular complexity index is 1970. The maximum absolute atomic E-state index is 15.4. The van der Waals surface area contributed by atoms with Gasteiger partial charge >= 0.3 is 6.18 Å². The highest BCUT2D eigenvalue weighted by Gasteiger charge is 2.53. The Morgan fingerprint density at radius 2 is 1.84 bits per heavy atom. The van der Waals surface area contributed by atoms with Crippen LogP contribution in [0.3, 0.4) is 0 Å². The second kappa shape index (κ2) is 14.8. The van der Waals surface area contributed by atoms with Gasteiger partial charge in [-0.05, 0) is 56.5 Å². The molecule has 0 radical (unpaired) electrons. The largest absolute Gasteiger partial charge is 0.509 e. The predicted octanol–water partition coefficient (Wildman–Crippen LogP) is 7.13. The summed E-state index contributed by atoms with van der Waals surface area (Å²) in [5.41, 5.74) is -3.65. The lowest BCUT2D eigenvalue weighted by Crippen LogP contribution is -2.60. The molecule has 3 aromatic rings. The van der Waals surface area contributed by atoms with Crippen molar-refractivity contribution in [3.05, 3.63) is 93.1 Å². The number of rotatable bonds is 10. The van der Waals surface area contributed by atoms with Gasteiger partial charge in [0, 0.05) is 35.3 Å². The third-order valence-electron chi connectivity index (χ3n) is 8.86. The number of ether oxygens (including phenoxy) is 2. The van der Waals surface area contributed by atoms with Gasteiger partial charge in [-0.25, -0.2) is 13.8 Å². The molecular weight excluding hydrogens is 679 g/mol. The number of hydrogen-bond acceptors (Lipinski definition) is 8. The first-order valence-corrected chi connectivity index (χ1v) is 15.8. The second-order valence-corrected chi connectivity index (χ2v) is 12.0. The van der Waals surface area contributed by atoms with E-state index in [0.29, 0.717) is 12.8 Å². The minimum absolute atomic E-state index is 0.0380. The van der Waals surface area contributed by atoms with Gasteiger partial charge in [-0.2, -0.15) is 18.1 Å². The minimum Gasteiger partial charge on any atom is -0.509 e. The van der Waals surface area contributed by atoms with E-state index in [4.69, 9.17) is 9.47 Å². The zero-order valence-electron chi connectivity index (χ0n) is 27.8. The zero-order valence-corrected chi connectivity index (χ0v) is 27.8. The molecular formula is C36H33F5N4O6. The topological polar surface area (TPSA) is 121 Å². The van der Waals surface area contributed by atoms with Gasteiger partial charge in [0.2, 0.25) is 0 Å². The van der Waals surface area contributed by atoms with Crippen LogP contribution in [0.25, 0.3) is 11.1 Å². The Balaban J connectivity index is 1.52. The molecule has 1 fully saturated rings. The molecule has 1 unspecified atom stereocenters. The monoisotopic (exact) mass is 712 g/mol. The molecule has 268 valence electrons. The van der Waals surface area contributed by atoms with Gasteiger partial charge in [0.1, 0.15) is 11.3 Å². The van der Waals surface area contributed by atoms with E-state index in [9.17, 15) is 32.8 Å². The standard InChI is InChI=1S/C36H33F5N4O6/c1-35-16-8-18-45(35)44(20-22-13-12-21(29(37)30(22)38)9-5-4-6-17-42-49)34(48)28(32(35)46)33(47)43-26-15-14-23(36(39,40)41)19-25(26)24-10-7-11-27(50-2)31(24)51-3/h7,10-15,19,46H,4,6,8,16-18,20H2,1-3H3,(H,43,47). The number of amides is 2. The molecule has 1 saturated heterocycles. The third-order valence-corrected chi connectivity index (χ3v) is 8.86. The number of carbonyl (C=O) groups excluding carboxylic acids is 2. The van der Waals surface area contributed by atoms with Gasteiger partial charge in [-0.15, -0.1) is 0 Å². The molecule has 2 aliphatic heterocycles. The highest BCUT2D eigenvalue weighted by atomic mass is 19.4. The van der Waals surface area contributed by atoms with Crippen LogP contribution in [0.5, 0.6) is 11.5 Å². The van der Waals surface area contributed by atoms with Crippen LogP contribution in [-0.4, -0.2) is 59.8 Å². The summed E-state index contributed by atoms with van der Waals surface area (Å²) in [6, 6.07) is 9.59. The SMILES string of the molecule is COc1cccc(-c2cc(C(F)(F)F)ccc2NC(=O)C2=C(O)C3(C)CCCN3N(Cc3ccc(C#CCCCN=O)c(F)c3F)C2=O)c1OC. The van der Waals surface area contributed by atoms with Crippen LogP contribution in [-0.2, 0) is 22.3 Å². The number of methoxy groups -OCH3 is 2. The van der Waals surface area contributed by atoms with Crippen LogP contribution in [0.1, 0.15) is 49.3 Å². The first-order chi connectivity index (χ1) is 24.3. The number of para-hydroxylation sites is 1. The Hall–Kier alpha value is -5.49. The number of halogens is 5. The molecule has 1 atom stereocenters. The lowest BCUT2D eigenvalue weighted by atomic mass is 9.90. The number of aliphatic hydroxyl groups is 1. The number of fused-ring (bicyclic) bond motifs is 1. The van der Waals surface area contributed by atoms with Gasteiger partial charge in [0.05, 0.1) is 44.0 Å². The molecule has 2 aliphatic rings. The summed E-state index contributed by atoms with van der Waals surface area (Å²) in [5, 5.41) is 19.2. The Kier molecular flexibility index (Phi) is 10.7. The van der Waals surface area contributed by atoms with Crippen LogP contribution in [0, 0.1) is 28.4 Å². The number of hydrazine groups is 1. The van der Waals surface area contributed by atoms with E-state index in [0.717, 1.165) is 23.2 Å². The van der Waals surface area contributed by atoms with Crippen molar-refractivity contribution in [3.8, 4) is 34.5 Å². The summed E-state index contributed by atoms with van der Waals surface area (Å²) in [5.74, 6) is 0.180. The lowest BCUT2D eigenvalue weighted by molar-refractivity contribution is -0.160. The summed E-state index contributed by atoms with van der Waals surface area (Å²) >= 11 is 0. The fourth-order valence-electron chi connectivity index (χ4n) is 6.24. The number of benzene rings is 3. The summed E-state index contributed by atoms with van der Waals surface area (Å²) in [7, 11) is 2.64. The first kappa shape index (κ1) is 36.8. The van der Waals surface area contributed by atoms with Gasteiger partial charge in [0.25, 0.3) is 11.8 Å². The Morgan fingerprint density at radius 3 is 2.53 bits per heavy atom. The second-order valence-electron chi connectivity index (χ2n) is 12.0. The van der Waals surface area contributed by atoms with Crippen LogP contribution in [0.15, 0.2) is 65.0 Å².